The quantitative estimate of drug-likeness (QED) is 0.860. The molecule has 2 aromatic rings. The van der Waals surface area contributed by atoms with Gasteiger partial charge in [-0.3, -0.25) is 0 Å². The van der Waals surface area contributed by atoms with Gasteiger partial charge in [-0.25, -0.2) is 9.37 Å². The van der Waals surface area contributed by atoms with Crippen molar-refractivity contribution in [3.8, 4) is 5.75 Å². The van der Waals surface area contributed by atoms with Gasteiger partial charge in [-0.05, 0) is 28.1 Å². The Morgan fingerprint density at radius 1 is 1.47 bits per heavy atom. The number of thiazole rings is 1. The van der Waals surface area contributed by atoms with Crippen LogP contribution < -0.4 is 4.74 Å². The molecule has 0 bridgehead atoms. The lowest BCUT2D eigenvalue weighted by Gasteiger charge is -2.02. The van der Waals surface area contributed by atoms with Crippen molar-refractivity contribution in [2.24, 2.45) is 0 Å². The number of hydrogen-bond donors (Lipinski definition) is 0. The van der Waals surface area contributed by atoms with Crippen LogP contribution in [0.2, 0.25) is 0 Å². The summed E-state index contributed by atoms with van der Waals surface area (Å²) in [5, 5.41) is 2.73. The molecule has 1 heterocycles. The smallest absolute Gasteiger partial charge is 0.140 e. The van der Waals surface area contributed by atoms with Crippen LogP contribution in [0.3, 0.4) is 0 Å². The van der Waals surface area contributed by atoms with Crippen molar-refractivity contribution < 1.29 is 9.13 Å². The summed E-state index contributed by atoms with van der Waals surface area (Å²) in [7, 11) is 0. The van der Waals surface area contributed by atoms with E-state index in [1.165, 1.54) is 23.5 Å². The summed E-state index contributed by atoms with van der Waals surface area (Å²) in [6, 6.07) is 6.06. The van der Waals surface area contributed by atoms with Crippen LogP contribution in [0, 0.1) is 5.82 Å². The minimum absolute atomic E-state index is 0.298. The average molecular weight is 288 g/mol. The van der Waals surface area contributed by atoms with Gasteiger partial charge in [0.1, 0.15) is 27.8 Å². The minimum Gasteiger partial charge on any atom is -0.486 e. The van der Waals surface area contributed by atoms with E-state index in [1.54, 1.807) is 12.1 Å². The fraction of sp³-hybridized carbons (Fsp3) is 0.100. The summed E-state index contributed by atoms with van der Waals surface area (Å²) in [4.78, 5) is 4.16. The van der Waals surface area contributed by atoms with E-state index in [0.717, 1.165) is 9.61 Å². The molecule has 2 rings (SSSR count). The third-order valence-corrected chi connectivity index (χ3v) is 3.21. The predicted octanol–water partition coefficient (Wildman–Crippen LogP) is 3.62. The van der Waals surface area contributed by atoms with Crippen LogP contribution in [-0.2, 0) is 6.61 Å². The van der Waals surface area contributed by atoms with Gasteiger partial charge in [0.05, 0.1) is 0 Å². The Kier molecular flexibility index (Phi) is 3.33. The molecule has 0 aliphatic rings. The Morgan fingerprint density at radius 3 is 3.00 bits per heavy atom. The van der Waals surface area contributed by atoms with Crippen LogP contribution in [-0.4, -0.2) is 4.98 Å². The molecular formula is C10H7BrFNOS. The number of hydrogen-bond acceptors (Lipinski definition) is 3. The Morgan fingerprint density at radius 2 is 2.33 bits per heavy atom. The molecule has 1 aromatic heterocycles. The molecule has 0 aliphatic heterocycles. The van der Waals surface area contributed by atoms with Crippen molar-refractivity contribution >= 4 is 27.3 Å². The van der Waals surface area contributed by atoms with Crippen LogP contribution in [0.4, 0.5) is 4.39 Å². The van der Waals surface area contributed by atoms with E-state index < -0.39 is 0 Å². The second-order valence-corrected chi connectivity index (χ2v) is 4.57. The maximum atomic E-state index is 12.8. The molecule has 0 N–H and O–H groups in total. The second kappa shape index (κ2) is 4.72. The Bertz CT molecular complexity index is 460. The van der Waals surface area contributed by atoms with Crippen molar-refractivity contribution in [2.45, 2.75) is 6.61 Å². The number of aromatic nitrogens is 1. The lowest BCUT2D eigenvalue weighted by atomic mass is 10.3. The molecule has 0 saturated carbocycles. The first-order valence-electron chi connectivity index (χ1n) is 4.22. The van der Waals surface area contributed by atoms with Gasteiger partial charge in [0.2, 0.25) is 0 Å². The molecule has 5 heteroatoms. The fourth-order valence-corrected chi connectivity index (χ4v) is 2.23. The van der Waals surface area contributed by atoms with E-state index in [1.807, 2.05) is 5.38 Å². The van der Waals surface area contributed by atoms with Gasteiger partial charge in [0.25, 0.3) is 0 Å². The summed E-state index contributed by atoms with van der Waals surface area (Å²) >= 11 is 4.75. The Hall–Kier alpha value is -0.940. The molecule has 0 atom stereocenters. The largest absolute Gasteiger partial charge is 0.486 e. The lowest BCUT2D eigenvalue weighted by molar-refractivity contribution is 0.304. The standard InChI is InChI=1S/C10H7BrFNOS/c11-9-6-15-10(13-9)5-14-8-3-1-2-7(12)4-8/h1-4,6H,5H2. The monoisotopic (exact) mass is 287 g/mol. The molecule has 0 saturated heterocycles. The molecule has 78 valence electrons. The van der Waals surface area contributed by atoms with Gasteiger partial charge in [-0.1, -0.05) is 6.07 Å². The average Bonchev–Trinajstić information content (AvgIpc) is 2.62. The van der Waals surface area contributed by atoms with Gasteiger partial charge in [0, 0.05) is 11.4 Å². The van der Waals surface area contributed by atoms with Crippen molar-refractivity contribution in [3.63, 3.8) is 0 Å². The maximum Gasteiger partial charge on any atom is 0.140 e. The first kappa shape index (κ1) is 10.6. The zero-order valence-electron chi connectivity index (χ0n) is 7.61. The second-order valence-electron chi connectivity index (χ2n) is 2.81. The van der Waals surface area contributed by atoms with Crippen molar-refractivity contribution in [1.82, 2.24) is 4.98 Å². The molecule has 15 heavy (non-hydrogen) atoms. The first-order chi connectivity index (χ1) is 7.24. The van der Waals surface area contributed by atoms with Crippen molar-refractivity contribution in [2.75, 3.05) is 0 Å². The normalized spacial score (nSPS) is 10.3. The number of nitrogens with zero attached hydrogens (tertiary/aromatic N) is 1. The van der Waals surface area contributed by atoms with Crippen LogP contribution in [0.15, 0.2) is 34.2 Å². The molecule has 1 aromatic carbocycles. The third kappa shape index (κ3) is 3.00. The third-order valence-electron chi connectivity index (χ3n) is 1.68. The number of ether oxygens (including phenoxy) is 1. The molecule has 0 amide bonds. The zero-order chi connectivity index (χ0) is 10.7. The lowest BCUT2D eigenvalue weighted by Crippen LogP contribution is -1.94. The highest BCUT2D eigenvalue weighted by molar-refractivity contribution is 9.10. The predicted molar refractivity (Wildman–Crippen MR) is 60.5 cm³/mol. The van der Waals surface area contributed by atoms with E-state index in [2.05, 4.69) is 20.9 Å². The van der Waals surface area contributed by atoms with E-state index in [0.29, 0.717) is 12.4 Å². The van der Waals surface area contributed by atoms with Gasteiger partial charge in [0.15, 0.2) is 0 Å². The van der Waals surface area contributed by atoms with Crippen molar-refractivity contribution in [3.05, 3.63) is 45.1 Å². The molecule has 0 aliphatic carbocycles. The first-order valence-corrected chi connectivity index (χ1v) is 5.89. The summed E-state index contributed by atoms with van der Waals surface area (Å²) in [6.45, 7) is 0.361. The van der Waals surface area contributed by atoms with Gasteiger partial charge >= 0.3 is 0 Å². The number of halogens is 2. The highest BCUT2D eigenvalue weighted by Gasteiger charge is 2.01. The molecule has 0 spiro atoms. The highest BCUT2D eigenvalue weighted by atomic mass is 79.9. The molecule has 0 unspecified atom stereocenters. The summed E-state index contributed by atoms with van der Waals surface area (Å²) in [6.07, 6.45) is 0. The molecule has 0 fully saturated rings. The van der Waals surface area contributed by atoms with E-state index >= 15 is 0 Å². The molecule has 0 radical (unpaired) electrons. The number of benzene rings is 1. The van der Waals surface area contributed by atoms with Gasteiger partial charge in [-0.2, -0.15) is 0 Å². The van der Waals surface area contributed by atoms with Crippen LogP contribution in [0.5, 0.6) is 5.75 Å². The van der Waals surface area contributed by atoms with E-state index in [9.17, 15) is 4.39 Å². The van der Waals surface area contributed by atoms with Crippen LogP contribution >= 0.6 is 27.3 Å². The SMILES string of the molecule is Fc1cccc(OCc2nc(Br)cs2)c1. The fourth-order valence-electron chi connectivity index (χ4n) is 1.06. The molecule has 2 nitrogen and oxygen atoms in total. The van der Waals surface area contributed by atoms with Crippen LogP contribution in [0.1, 0.15) is 5.01 Å². The zero-order valence-corrected chi connectivity index (χ0v) is 10.0. The van der Waals surface area contributed by atoms with E-state index in [4.69, 9.17) is 4.74 Å². The topological polar surface area (TPSA) is 22.1 Å². The summed E-state index contributed by atoms with van der Waals surface area (Å²) in [5.74, 6) is 0.217. The highest BCUT2D eigenvalue weighted by Crippen LogP contribution is 2.18. The maximum absolute atomic E-state index is 12.8. The van der Waals surface area contributed by atoms with Gasteiger partial charge < -0.3 is 4.74 Å². The van der Waals surface area contributed by atoms with Crippen molar-refractivity contribution in [1.29, 1.82) is 0 Å². The molecular weight excluding hydrogens is 281 g/mol. The summed E-state index contributed by atoms with van der Waals surface area (Å²) in [5.41, 5.74) is 0. The van der Waals surface area contributed by atoms with E-state index in [-0.39, 0.29) is 5.82 Å². The van der Waals surface area contributed by atoms with Gasteiger partial charge in [-0.15, -0.1) is 11.3 Å². The summed E-state index contributed by atoms with van der Waals surface area (Å²) < 4.78 is 19.0. The van der Waals surface area contributed by atoms with Crippen LogP contribution in [0.25, 0.3) is 0 Å². The minimum atomic E-state index is -0.298. The Balaban J connectivity index is 1.99. The Labute approximate surface area is 98.9 Å². The number of rotatable bonds is 3.